The van der Waals surface area contributed by atoms with Gasteiger partial charge in [-0.2, -0.15) is 14.3 Å². The summed E-state index contributed by atoms with van der Waals surface area (Å²) < 4.78 is 64.1. The number of fused-ring (bicyclic) bond motifs is 1. The maximum Gasteiger partial charge on any atom is 0.316 e. The van der Waals surface area contributed by atoms with Crippen molar-refractivity contribution in [2.45, 2.75) is 25.4 Å². The number of nitrogens with zero attached hydrogens (tertiary/aromatic N) is 4. The van der Waals surface area contributed by atoms with Gasteiger partial charge in [-0.3, -0.25) is 4.79 Å². The molecule has 1 saturated heterocycles. The van der Waals surface area contributed by atoms with E-state index in [1.165, 1.54) is 16.8 Å². The second-order valence-electron chi connectivity index (χ2n) is 9.46. The van der Waals surface area contributed by atoms with Crippen molar-refractivity contribution in [3.8, 4) is 17.2 Å². The van der Waals surface area contributed by atoms with Crippen LogP contribution in [-0.4, -0.2) is 64.3 Å². The van der Waals surface area contributed by atoms with E-state index in [1.54, 1.807) is 7.11 Å². The highest BCUT2D eigenvalue weighted by molar-refractivity contribution is 7.94. The van der Waals surface area contributed by atoms with Crippen molar-refractivity contribution in [1.29, 1.82) is 0 Å². The minimum Gasteiger partial charge on any atom is -0.496 e. The molecule has 5 rings (SSSR count). The first-order valence-corrected chi connectivity index (χ1v) is 14.1. The van der Waals surface area contributed by atoms with E-state index < -0.39 is 27.6 Å². The van der Waals surface area contributed by atoms with E-state index in [-0.39, 0.29) is 17.5 Å². The van der Waals surface area contributed by atoms with Crippen LogP contribution in [0.1, 0.15) is 17.5 Å². The maximum absolute atomic E-state index is 13.9. The van der Waals surface area contributed by atoms with Crippen LogP contribution >= 0.6 is 0 Å². The lowest BCUT2D eigenvalue weighted by molar-refractivity contribution is 0.180. The maximum atomic E-state index is 13.9. The SMILES string of the molecule is COc1cccc2c1CCC(Oc1c(N3CCN([S+](C)(=O)O)CC3)cnn(-c3cc(F)cc(F)c3)c1=O)C2. The zero-order valence-electron chi connectivity index (χ0n) is 21.1. The zero-order chi connectivity index (χ0) is 27.0. The molecule has 0 spiro atoms. The van der Waals surface area contributed by atoms with Crippen LogP contribution in [-0.2, 0) is 27.5 Å². The number of methoxy groups -OCH3 is 1. The number of anilines is 1. The lowest BCUT2D eigenvalue weighted by atomic mass is 9.89. The van der Waals surface area contributed by atoms with Crippen LogP contribution in [0.4, 0.5) is 14.5 Å². The number of halogens is 2. The van der Waals surface area contributed by atoms with Crippen molar-refractivity contribution < 1.29 is 27.0 Å². The molecule has 2 aromatic carbocycles. The second kappa shape index (κ2) is 10.4. The summed E-state index contributed by atoms with van der Waals surface area (Å²) in [6.45, 7) is 1.35. The predicted octanol–water partition coefficient (Wildman–Crippen LogP) is 3.09. The van der Waals surface area contributed by atoms with Crippen LogP contribution in [0.5, 0.6) is 11.5 Å². The molecule has 0 saturated carbocycles. The molecule has 0 radical (unpaired) electrons. The van der Waals surface area contributed by atoms with E-state index in [1.807, 2.05) is 23.1 Å². The number of piperazine rings is 1. The number of hydrogen-bond acceptors (Lipinski definition) is 6. The van der Waals surface area contributed by atoms with Crippen molar-refractivity contribution in [2.24, 2.45) is 0 Å². The summed E-state index contributed by atoms with van der Waals surface area (Å²) >= 11 is 0. The quantitative estimate of drug-likeness (QED) is 0.474. The molecule has 2 aliphatic rings. The van der Waals surface area contributed by atoms with E-state index in [0.29, 0.717) is 51.1 Å². The zero-order valence-corrected chi connectivity index (χ0v) is 21.9. The lowest BCUT2D eigenvalue weighted by Gasteiger charge is -2.34. The first-order chi connectivity index (χ1) is 18.1. The van der Waals surface area contributed by atoms with Crippen molar-refractivity contribution in [3.63, 3.8) is 0 Å². The Balaban J connectivity index is 1.50. The third-order valence-corrected chi connectivity index (χ3v) is 8.29. The molecule has 2 atom stereocenters. The molecule has 202 valence electrons. The summed E-state index contributed by atoms with van der Waals surface area (Å²) in [5.41, 5.74) is 1.91. The largest absolute Gasteiger partial charge is 0.496 e. The van der Waals surface area contributed by atoms with Crippen molar-refractivity contribution in [3.05, 3.63) is 75.7 Å². The van der Waals surface area contributed by atoms with E-state index in [9.17, 15) is 22.3 Å². The summed E-state index contributed by atoms with van der Waals surface area (Å²) in [4.78, 5) is 15.6. The Morgan fingerprint density at radius 1 is 1.11 bits per heavy atom. The molecule has 1 aliphatic heterocycles. The highest BCUT2D eigenvalue weighted by Gasteiger charge is 2.34. The molecule has 2 unspecified atom stereocenters. The van der Waals surface area contributed by atoms with Gasteiger partial charge in [0, 0.05) is 25.6 Å². The number of ether oxygens (including phenoxy) is 2. The second-order valence-corrected chi connectivity index (χ2v) is 11.5. The smallest absolute Gasteiger partial charge is 0.316 e. The average molecular weight is 548 g/mol. The normalized spacial score (nSPS) is 19.5. The van der Waals surface area contributed by atoms with E-state index in [0.717, 1.165) is 39.8 Å². The standard InChI is InChI=1S/C26H28F2N4O5S/c1-36-24-5-3-4-17-12-21(6-7-22(17)24)37-25-23(30-8-10-31(11-9-30)38(2,34)35)16-29-32(26(25)33)20-14-18(27)13-19(28)15-20/h3-5,13-16,21H,6-12H2,1-2H3/p+1. The van der Waals surface area contributed by atoms with Gasteiger partial charge in [0.15, 0.2) is 6.26 Å². The summed E-state index contributed by atoms with van der Waals surface area (Å²) in [5.74, 6) is -0.825. The van der Waals surface area contributed by atoms with Crippen LogP contribution in [0, 0.1) is 11.6 Å². The van der Waals surface area contributed by atoms with Gasteiger partial charge in [0.25, 0.3) is 10.4 Å². The Labute approximate surface area is 220 Å². The minimum atomic E-state index is -3.09. The fraction of sp³-hybridized carbons (Fsp3) is 0.385. The van der Waals surface area contributed by atoms with Gasteiger partial charge in [0.05, 0.1) is 32.1 Å². The van der Waals surface area contributed by atoms with Gasteiger partial charge < -0.3 is 14.4 Å². The van der Waals surface area contributed by atoms with Gasteiger partial charge in [-0.1, -0.05) is 16.4 Å². The monoisotopic (exact) mass is 547 g/mol. The van der Waals surface area contributed by atoms with E-state index >= 15 is 0 Å². The van der Waals surface area contributed by atoms with Gasteiger partial charge in [0.1, 0.15) is 29.2 Å². The molecule has 1 fully saturated rings. The third kappa shape index (κ3) is 5.29. The first-order valence-electron chi connectivity index (χ1n) is 12.3. The topological polar surface area (TPSA) is 97.1 Å². The van der Waals surface area contributed by atoms with E-state index in [2.05, 4.69) is 5.10 Å². The average Bonchev–Trinajstić information content (AvgIpc) is 2.88. The highest BCUT2D eigenvalue weighted by Crippen LogP contribution is 2.33. The Morgan fingerprint density at radius 2 is 1.82 bits per heavy atom. The lowest BCUT2D eigenvalue weighted by Crippen LogP contribution is -2.50. The van der Waals surface area contributed by atoms with E-state index in [4.69, 9.17) is 9.47 Å². The third-order valence-electron chi connectivity index (χ3n) is 6.96. The van der Waals surface area contributed by atoms with Crippen LogP contribution in [0.3, 0.4) is 0 Å². The molecule has 9 nitrogen and oxygen atoms in total. The number of rotatable bonds is 6. The fourth-order valence-electron chi connectivity index (χ4n) is 5.08. The van der Waals surface area contributed by atoms with Gasteiger partial charge in [-0.25, -0.2) is 8.78 Å². The summed E-state index contributed by atoms with van der Waals surface area (Å²) in [6.07, 6.45) is 4.28. The molecule has 1 aromatic heterocycles. The van der Waals surface area contributed by atoms with Crippen LogP contribution in [0.2, 0.25) is 0 Å². The Kier molecular flexibility index (Phi) is 7.21. The summed E-state index contributed by atoms with van der Waals surface area (Å²) in [6, 6.07) is 8.61. The summed E-state index contributed by atoms with van der Waals surface area (Å²) in [7, 11) is -1.46. The van der Waals surface area contributed by atoms with Gasteiger partial charge in [0.2, 0.25) is 5.75 Å². The summed E-state index contributed by atoms with van der Waals surface area (Å²) in [5, 5.41) is 4.20. The molecule has 3 aromatic rings. The Bertz CT molecular complexity index is 1430. The molecular formula is C26H29F2N4O5S+. The first kappa shape index (κ1) is 26.3. The fourth-order valence-corrected chi connectivity index (χ4v) is 5.92. The number of aromatic nitrogens is 2. The Morgan fingerprint density at radius 3 is 2.47 bits per heavy atom. The molecule has 1 aliphatic carbocycles. The molecule has 0 amide bonds. The molecule has 12 heteroatoms. The molecule has 2 heterocycles. The van der Waals surface area contributed by atoms with Crippen molar-refractivity contribution in [2.75, 3.05) is 44.4 Å². The molecule has 1 N–H and O–H groups in total. The highest BCUT2D eigenvalue weighted by atomic mass is 32.3. The minimum absolute atomic E-state index is 0.0238. The molecule has 38 heavy (non-hydrogen) atoms. The van der Waals surface area contributed by atoms with Crippen molar-refractivity contribution in [1.82, 2.24) is 14.1 Å². The predicted molar refractivity (Wildman–Crippen MR) is 140 cm³/mol. The van der Waals surface area contributed by atoms with Crippen molar-refractivity contribution >= 4 is 16.1 Å². The van der Waals surface area contributed by atoms with Crippen LogP contribution in [0.15, 0.2) is 47.4 Å². The molecular weight excluding hydrogens is 518 g/mol. The number of hydrogen-bond donors (Lipinski definition) is 1. The van der Waals surface area contributed by atoms with Gasteiger partial charge >= 0.3 is 5.56 Å². The Hall–Kier alpha value is -3.35. The van der Waals surface area contributed by atoms with Crippen LogP contribution < -0.4 is 19.9 Å². The van der Waals surface area contributed by atoms with Crippen LogP contribution in [0.25, 0.3) is 5.69 Å². The number of benzene rings is 2. The molecule has 0 bridgehead atoms. The van der Waals surface area contributed by atoms with Gasteiger partial charge in [-0.15, -0.1) is 0 Å². The van der Waals surface area contributed by atoms with Gasteiger partial charge in [-0.05, 0) is 46.4 Å².